The summed E-state index contributed by atoms with van der Waals surface area (Å²) in [5.74, 6) is 5.02. The molecule has 1 aromatic heterocycles. The van der Waals surface area contributed by atoms with Crippen molar-refractivity contribution in [3.8, 4) is 11.8 Å². The Morgan fingerprint density at radius 2 is 2.00 bits per heavy atom. The highest BCUT2D eigenvalue weighted by Gasteiger charge is 2.23. The number of rotatable bonds is 3. The first-order chi connectivity index (χ1) is 9.94. The number of hydrogen-bond donors (Lipinski definition) is 2. The molecule has 6 nitrogen and oxygen atoms in total. The molecule has 0 aliphatic heterocycles. The third-order valence-electron chi connectivity index (χ3n) is 2.18. The van der Waals surface area contributed by atoms with Gasteiger partial charge in [0.15, 0.2) is 0 Å². The van der Waals surface area contributed by atoms with Gasteiger partial charge in [-0.1, -0.05) is 39.5 Å². The lowest BCUT2D eigenvalue weighted by Crippen LogP contribution is -2.13. The zero-order chi connectivity index (χ0) is 15.5. The van der Waals surface area contributed by atoms with E-state index in [1.165, 1.54) is 18.3 Å². The van der Waals surface area contributed by atoms with Crippen molar-refractivity contribution in [3.05, 3.63) is 33.9 Å². The van der Waals surface area contributed by atoms with Gasteiger partial charge in [0, 0.05) is 17.1 Å². The van der Waals surface area contributed by atoms with Gasteiger partial charge in [-0.15, -0.1) is 5.10 Å². The predicted octanol–water partition coefficient (Wildman–Crippen LogP) is 1.99. The van der Waals surface area contributed by atoms with Crippen LogP contribution in [0.3, 0.4) is 0 Å². The lowest BCUT2D eigenvalue weighted by atomic mass is 10.2. The van der Waals surface area contributed by atoms with Crippen LogP contribution in [0.25, 0.3) is 0 Å². The molecule has 110 valence electrons. The highest BCUT2D eigenvalue weighted by molar-refractivity contribution is 7.93. The Balaban J connectivity index is 2.44. The average molecular weight is 364 g/mol. The molecule has 2 rings (SSSR count). The molecule has 0 bridgehead atoms. The molecule has 0 saturated carbocycles. The number of sulfonamides is 1. The molecule has 0 spiro atoms. The Morgan fingerprint density at radius 3 is 2.52 bits per heavy atom. The van der Waals surface area contributed by atoms with Gasteiger partial charge in [-0.25, -0.2) is 8.42 Å². The summed E-state index contributed by atoms with van der Waals surface area (Å²) in [6.45, 7) is -0.324. The van der Waals surface area contributed by atoms with E-state index in [0.717, 1.165) is 11.5 Å². The Hall–Kier alpha value is -1.37. The Kier molecular flexibility index (Phi) is 5.03. The zero-order valence-electron chi connectivity index (χ0n) is 10.2. The summed E-state index contributed by atoms with van der Waals surface area (Å²) in [5.41, 5.74) is 0.400. The predicted molar refractivity (Wildman–Crippen MR) is 81.1 cm³/mol. The molecule has 10 heteroatoms. The molecular formula is C11H7Cl2N3O3S2. The van der Waals surface area contributed by atoms with E-state index in [9.17, 15) is 8.42 Å². The topological polar surface area (TPSA) is 92.2 Å². The molecule has 1 heterocycles. The maximum absolute atomic E-state index is 12.3. The van der Waals surface area contributed by atoms with Gasteiger partial charge in [0.25, 0.3) is 10.0 Å². The molecule has 0 saturated heterocycles. The minimum atomic E-state index is -3.96. The van der Waals surface area contributed by atoms with Crippen molar-refractivity contribution in [2.45, 2.75) is 4.90 Å². The number of nitrogens with one attached hydrogen (secondary N) is 1. The first-order valence-corrected chi connectivity index (χ1v) is 8.34. The van der Waals surface area contributed by atoms with Gasteiger partial charge in [0.2, 0.25) is 0 Å². The van der Waals surface area contributed by atoms with Gasteiger partial charge >= 0.3 is 0 Å². The van der Waals surface area contributed by atoms with Crippen LogP contribution in [0.4, 0.5) is 5.00 Å². The third-order valence-corrected chi connectivity index (χ3v) is 5.17. The molecule has 0 unspecified atom stereocenters. The summed E-state index contributed by atoms with van der Waals surface area (Å²) in [7, 11) is -3.96. The van der Waals surface area contributed by atoms with Gasteiger partial charge in [0.05, 0.1) is 16.2 Å². The highest BCUT2D eigenvalue weighted by Crippen LogP contribution is 2.32. The van der Waals surface area contributed by atoms with E-state index >= 15 is 0 Å². The fourth-order valence-corrected chi connectivity index (χ4v) is 4.33. The van der Waals surface area contributed by atoms with Gasteiger partial charge in [0.1, 0.15) is 16.5 Å². The van der Waals surface area contributed by atoms with Gasteiger partial charge in [-0.05, 0) is 12.1 Å². The van der Waals surface area contributed by atoms with Crippen molar-refractivity contribution in [3.63, 3.8) is 0 Å². The smallest absolute Gasteiger partial charge is 0.265 e. The summed E-state index contributed by atoms with van der Waals surface area (Å²) >= 11 is 12.8. The van der Waals surface area contributed by atoms with Gasteiger partial charge < -0.3 is 5.11 Å². The van der Waals surface area contributed by atoms with Crippen LogP contribution in [0.1, 0.15) is 5.56 Å². The van der Waals surface area contributed by atoms with Crippen molar-refractivity contribution in [1.29, 1.82) is 0 Å². The number of aliphatic hydroxyl groups is 1. The van der Waals surface area contributed by atoms with Crippen molar-refractivity contribution in [2.75, 3.05) is 11.3 Å². The quantitative estimate of drug-likeness (QED) is 0.813. The monoisotopic (exact) mass is 363 g/mol. The zero-order valence-corrected chi connectivity index (χ0v) is 13.3. The van der Waals surface area contributed by atoms with Crippen LogP contribution < -0.4 is 4.72 Å². The Morgan fingerprint density at radius 1 is 1.33 bits per heavy atom. The number of benzene rings is 1. The van der Waals surface area contributed by atoms with Crippen molar-refractivity contribution in [1.82, 2.24) is 9.59 Å². The van der Waals surface area contributed by atoms with Gasteiger partial charge in [-0.2, -0.15) is 0 Å². The van der Waals surface area contributed by atoms with Crippen molar-refractivity contribution < 1.29 is 13.5 Å². The molecule has 2 N–H and O–H groups in total. The second-order valence-corrected chi connectivity index (χ2v) is 6.84. The molecule has 21 heavy (non-hydrogen) atoms. The van der Waals surface area contributed by atoms with Crippen LogP contribution in [0.2, 0.25) is 10.0 Å². The van der Waals surface area contributed by atoms with Crippen LogP contribution in [0.15, 0.2) is 23.2 Å². The number of hydrogen-bond acceptors (Lipinski definition) is 6. The van der Waals surface area contributed by atoms with E-state index in [4.69, 9.17) is 28.3 Å². The summed E-state index contributed by atoms with van der Waals surface area (Å²) in [6.07, 6.45) is 1.27. The summed E-state index contributed by atoms with van der Waals surface area (Å²) < 4.78 is 30.4. The molecule has 0 aliphatic rings. The van der Waals surface area contributed by atoms with E-state index in [1.807, 2.05) is 0 Å². The fourth-order valence-electron chi connectivity index (χ4n) is 1.43. The van der Waals surface area contributed by atoms with E-state index in [2.05, 4.69) is 26.1 Å². The number of aliphatic hydroxyl groups excluding tert-OH is 1. The third kappa shape index (κ3) is 3.84. The Labute approximate surface area is 134 Å². The molecular weight excluding hydrogens is 357 g/mol. The van der Waals surface area contributed by atoms with E-state index < -0.39 is 10.0 Å². The number of anilines is 1. The minimum Gasteiger partial charge on any atom is -0.384 e. The van der Waals surface area contributed by atoms with Gasteiger partial charge in [-0.3, -0.25) is 4.72 Å². The van der Waals surface area contributed by atoms with Crippen LogP contribution in [-0.2, 0) is 10.0 Å². The molecule has 0 radical (unpaired) electrons. The number of nitrogens with zero attached hydrogens (tertiary/aromatic N) is 2. The largest absolute Gasteiger partial charge is 0.384 e. The van der Waals surface area contributed by atoms with Crippen LogP contribution >= 0.6 is 34.7 Å². The standard InChI is InChI=1S/C11H7Cl2N3O3S2/c12-8-4-7(2-1-3-17)5-9(13)11(8)21(18,19)15-10-6-14-16-20-10/h4-6,15,17H,3H2. The SMILES string of the molecule is O=S(=O)(Nc1cnns1)c1c(Cl)cc(C#CCO)cc1Cl. The van der Waals surface area contributed by atoms with E-state index in [0.29, 0.717) is 5.56 Å². The maximum Gasteiger partial charge on any atom is 0.265 e. The average Bonchev–Trinajstić information content (AvgIpc) is 2.87. The molecule has 0 amide bonds. The van der Waals surface area contributed by atoms with E-state index in [-0.39, 0.29) is 26.5 Å². The first kappa shape index (κ1) is 16.0. The first-order valence-electron chi connectivity index (χ1n) is 5.33. The van der Waals surface area contributed by atoms with Crippen LogP contribution in [0, 0.1) is 11.8 Å². The van der Waals surface area contributed by atoms with Crippen molar-refractivity contribution >= 4 is 49.8 Å². The lowest BCUT2D eigenvalue weighted by Gasteiger charge is -2.09. The molecule has 0 aliphatic carbocycles. The van der Waals surface area contributed by atoms with Crippen molar-refractivity contribution in [2.24, 2.45) is 0 Å². The lowest BCUT2D eigenvalue weighted by molar-refractivity contribution is 0.350. The number of halogens is 2. The summed E-state index contributed by atoms with van der Waals surface area (Å²) in [6, 6.07) is 2.71. The van der Waals surface area contributed by atoms with Crippen LogP contribution in [-0.4, -0.2) is 29.7 Å². The maximum atomic E-state index is 12.3. The molecule has 0 fully saturated rings. The fraction of sp³-hybridized carbons (Fsp3) is 0.0909. The summed E-state index contributed by atoms with van der Waals surface area (Å²) in [5, 5.41) is 12.3. The molecule has 1 aromatic carbocycles. The second kappa shape index (κ2) is 6.60. The van der Waals surface area contributed by atoms with E-state index in [1.54, 1.807) is 0 Å². The second-order valence-electron chi connectivity index (χ2n) is 3.62. The minimum absolute atomic E-state index is 0.0743. The number of aromatic nitrogens is 2. The normalized spacial score (nSPS) is 10.8. The summed E-state index contributed by atoms with van der Waals surface area (Å²) in [4.78, 5) is -0.256. The highest BCUT2D eigenvalue weighted by atomic mass is 35.5. The van der Waals surface area contributed by atoms with Crippen LogP contribution in [0.5, 0.6) is 0 Å². The Bertz CT molecular complexity index is 788. The molecule has 0 atom stereocenters. The molecule has 2 aromatic rings.